The number of nitriles is 1. The lowest BCUT2D eigenvalue weighted by Crippen LogP contribution is -2.72. The maximum atomic E-state index is 12.5. The second-order valence-corrected chi connectivity index (χ2v) is 12.7. The summed E-state index contributed by atoms with van der Waals surface area (Å²) >= 11 is 0. The lowest BCUT2D eigenvalue weighted by molar-refractivity contribution is -0.136. The summed E-state index contributed by atoms with van der Waals surface area (Å²) < 4.78 is 6.57. The molecule has 9 heteroatoms. The van der Waals surface area contributed by atoms with E-state index in [-0.39, 0.29) is 29.9 Å². The number of anilines is 1. The van der Waals surface area contributed by atoms with Crippen molar-refractivity contribution in [2.24, 2.45) is 5.92 Å². The van der Waals surface area contributed by atoms with E-state index in [1.807, 2.05) is 4.90 Å². The van der Waals surface area contributed by atoms with Crippen LogP contribution >= 0.6 is 0 Å². The second kappa shape index (κ2) is 11.4. The highest BCUT2D eigenvalue weighted by Gasteiger charge is 2.52. The maximum Gasteiger partial charge on any atom is 0.246 e. The number of amides is 1. The summed E-state index contributed by atoms with van der Waals surface area (Å²) in [5.41, 5.74) is 3.00. The molecule has 4 heterocycles. The molecule has 9 nitrogen and oxygen atoms in total. The van der Waals surface area contributed by atoms with Gasteiger partial charge < -0.3 is 19.4 Å². The van der Waals surface area contributed by atoms with E-state index < -0.39 is 0 Å². The normalized spacial score (nSPS) is 36.3. The molecule has 1 aliphatic carbocycles. The van der Waals surface area contributed by atoms with Crippen LogP contribution in [0, 0.1) is 17.2 Å². The van der Waals surface area contributed by atoms with Gasteiger partial charge >= 0.3 is 0 Å². The molecule has 7 atom stereocenters. The third-order valence-electron chi connectivity index (χ3n) is 10.4. The van der Waals surface area contributed by atoms with Gasteiger partial charge in [-0.3, -0.25) is 20.3 Å². The molecule has 0 aromatic heterocycles. The van der Waals surface area contributed by atoms with Gasteiger partial charge in [-0.1, -0.05) is 24.8 Å². The molecule has 5 aliphatic rings. The average molecular weight is 548 g/mol. The van der Waals surface area contributed by atoms with Crippen molar-refractivity contribution in [2.45, 2.75) is 74.6 Å². The first kappa shape index (κ1) is 27.7. The van der Waals surface area contributed by atoms with Gasteiger partial charge in [-0.05, 0) is 63.4 Å². The number of fused-ring (bicyclic) bond motifs is 3. The van der Waals surface area contributed by atoms with Gasteiger partial charge in [0.15, 0.2) is 6.35 Å². The molecule has 40 heavy (non-hydrogen) atoms. The number of benzene rings is 1. The van der Waals surface area contributed by atoms with Crippen LogP contribution in [0.15, 0.2) is 36.9 Å². The summed E-state index contributed by atoms with van der Waals surface area (Å²) in [5, 5.41) is 17.3. The topological polar surface area (TPSA) is 87.1 Å². The predicted octanol–water partition coefficient (Wildman–Crippen LogP) is 2.07. The molecule has 2 N–H and O–H groups in total. The quantitative estimate of drug-likeness (QED) is 0.524. The summed E-state index contributed by atoms with van der Waals surface area (Å²) in [6, 6.07) is 11.9. The number of nitrogens with one attached hydrogen (secondary N) is 2. The number of piperazine rings is 1. The Bertz CT molecular complexity index is 1140. The monoisotopic (exact) mass is 547 g/mol. The summed E-state index contributed by atoms with van der Waals surface area (Å²) in [4.78, 5) is 21.7. The van der Waals surface area contributed by atoms with E-state index in [0.29, 0.717) is 44.1 Å². The number of nitrogens with zero attached hydrogens (tertiary/aromatic N) is 5. The predicted molar refractivity (Wildman–Crippen MR) is 155 cm³/mol. The van der Waals surface area contributed by atoms with Crippen LogP contribution in [0.4, 0.5) is 5.69 Å². The molecule has 4 fully saturated rings. The standard InChI is InChI=1S/C31H45N7O2/c1-4-28(39)38-17-16-37(19-22(38)12-14-32)29-24-11-13-31(21-36(3)27-10-6-5-9-25(27)31)18-26(24)33-30(34-29)40-20-23-8-7-15-35(23)2/h4-6,9-10,22-24,26,29-30,33-34H,1,7-8,11-13,15-21H2,2-3H3/t22-,23-,24?,26?,29?,30?,31-/m0/s1. The van der Waals surface area contributed by atoms with Gasteiger partial charge in [-0.25, -0.2) is 0 Å². The number of carbonyl (C=O) groups is 1. The molecule has 1 spiro atoms. The zero-order valence-electron chi connectivity index (χ0n) is 24.1. The first-order valence-corrected chi connectivity index (χ1v) is 15.1. The molecule has 1 saturated carbocycles. The number of hydrogen-bond acceptors (Lipinski definition) is 8. The van der Waals surface area contributed by atoms with E-state index in [1.54, 1.807) is 0 Å². The molecule has 0 bridgehead atoms. The van der Waals surface area contributed by atoms with Crippen LogP contribution in [-0.2, 0) is 14.9 Å². The van der Waals surface area contributed by atoms with E-state index in [0.717, 1.165) is 38.9 Å². The van der Waals surface area contributed by atoms with Crippen molar-refractivity contribution in [1.29, 1.82) is 5.26 Å². The van der Waals surface area contributed by atoms with Crippen molar-refractivity contribution in [2.75, 3.05) is 58.3 Å². The Labute approximate surface area is 239 Å². The number of rotatable bonds is 6. The molecule has 3 saturated heterocycles. The fourth-order valence-electron chi connectivity index (χ4n) is 8.36. The zero-order chi connectivity index (χ0) is 27.9. The lowest BCUT2D eigenvalue weighted by atomic mass is 9.64. The third-order valence-corrected chi connectivity index (χ3v) is 10.4. The summed E-state index contributed by atoms with van der Waals surface area (Å²) in [5.74, 6) is 0.337. The highest BCUT2D eigenvalue weighted by molar-refractivity contribution is 5.87. The van der Waals surface area contributed by atoms with Gasteiger partial charge in [0.1, 0.15) is 0 Å². The molecule has 216 valence electrons. The van der Waals surface area contributed by atoms with Gasteiger partial charge in [-0.2, -0.15) is 5.26 Å². The lowest BCUT2D eigenvalue weighted by Gasteiger charge is -2.55. The minimum absolute atomic E-state index is 0.0819. The first-order valence-electron chi connectivity index (χ1n) is 15.1. The molecule has 1 aromatic rings. The summed E-state index contributed by atoms with van der Waals surface area (Å²) in [7, 11) is 4.42. The van der Waals surface area contributed by atoms with Crippen molar-refractivity contribution in [1.82, 2.24) is 25.3 Å². The Hall–Kier alpha value is -2.48. The number of likely N-dealkylation sites (N-methyl/N-ethyl adjacent to an activating group) is 2. The van der Waals surface area contributed by atoms with Crippen LogP contribution < -0.4 is 15.5 Å². The van der Waals surface area contributed by atoms with Crippen LogP contribution in [0.25, 0.3) is 0 Å². The number of likely N-dealkylation sites (tertiary alicyclic amines) is 1. The van der Waals surface area contributed by atoms with Crippen LogP contribution in [0.3, 0.4) is 0 Å². The third kappa shape index (κ3) is 5.05. The largest absolute Gasteiger partial charge is 0.373 e. The van der Waals surface area contributed by atoms with Crippen molar-refractivity contribution < 1.29 is 9.53 Å². The summed E-state index contributed by atoms with van der Waals surface area (Å²) in [6.45, 7) is 8.66. The molecule has 1 amide bonds. The molecule has 0 radical (unpaired) electrons. The molecule has 4 aliphatic heterocycles. The van der Waals surface area contributed by atoms with Crippen molar-refractivity contribution in [3.8, 4) is 6.07 Å². The van der Waals surface area contributed by atoms with Crippen LogP contribution in [0.5, 0.6) is 0 Å². The van der Waals surface area contributed by atoms with Gasteiger partial charge in [0, 0.05) is 62.3 Å². The molecule has 4 unspecified atom stereocenters. The smallest absolute Gasteiger partial charge is 0.246 e. The number of hydrogen-bond donors (Lipinski definition) is 2. The number of para-hydroxylation sites is 1. The molecular formula is C31H45N7O2. The highest BCUT2D eigenvalue weighted by Crippen LogP contribution is 2.51. The second-order valence-electron chi connectivity index (χ2n) is 12.7. The Morgan fingerprint density at radius 3 is 2.83 bits per heavy atom. The molecular weight excluding hydrogens is 502 g/mol. The minimum atomic E-state index is -0.230. The Morgan fingerprint density at radius 2 is 2.05 bits per heavy atom. The number of ether oxygens (including phenoxy) is 1. The number of carbonyl (C=O) groups excluding carboxylic acids is 1. The van der Waals surface area contributed by atoms with Crippen LogP contribution in [0.1, 0.15) is 44.1 Å². The van der Waals surface area contributed by atoms with E-state index in [4.69, 9.17) is 4.74 Å². The van der Waals surface area contributed by atoms with E-state index in [1.165, 1.54) is 30.2 Å². The highest BCUT2D eigenvalue weighted by atomic mass is 16.5. The van der Waals surface area contributed by atoms with Crippen LogP contribution in [0.2, 0.25) is 0 Å². The Kier molecular flexibility index (Phi) is 7.90. The van der Waals surface area contributed by atoms with Gasteiger partial charge in [0.25, 0.3) is 0 Å². The van der Waals surface area contributed by atoms with Gasteiger partial charge in [0.05, 0.1) is 31.3 Å². The summed E-state index contributed by atoms with van der Waals surface area (Å²) in [6.07, 6.45) is 7.37. The maximum absolute atomic E-state index is 12.5. The van der Waals surface area contributed by atoms with Crippen molar-refractivity contribution in [3.63, 3.8) is 0 Å². The Morgan fingerprint density at radius 1 is 1.20 bits per heavy atom. The van der Waals surface area contributed by atoms with E-state index in [2.05, 4.69) is 76.3 Å². The SMILES string of the molecule is C=CC(=O)N1CCN(C2NC(OC[C@@H]3CCCN3C)NC3C[C@@]4(CCC32)CN(C)c2ccccc24)C[C@@H]1CC#N. The van der Waals surface area contributed by atoms with Crippen molar-refractivity contribution in [3.05, 3.63) is 42.5 Å². The fraction of sp³-hybridized carbons (Fsp3) is 0.677. The van der Waals surface area contributed by atoms with Gasteiger partial charge in [0.2, 0.25) is 5.91 Å². The molecule has 1 aromatic carbocycles. The first-order chi connectivity index (χ1) is 19.4. The van der Waals surface area contributed by atoms with E-state index in [9.17, 15) is 10.1 Å². The Balaban J connectivity index is 1.23. The van der Waals surface area contributed by atoms with Gasteiger partial charge in [-0.15, -0.1) is 0 Å². The minimum Gasteiger partial charge on any atom is -0.373 e. The van der Waals surface area contributed by atoms with E-state index >= 15 is 0 Å². The average Bonchev–Trinajstić information content (AvgIpc) is 3.50. The van der Waals surface area contributed by atoms with Crippen LogP contribution in [-0.4, -0.2) is 105 Å². The van der Waals surface area contributed by atoms with Crippen molar-refractivity contribution >= 4 is 11.6 Å². The zero-order valence-corrected chi connectivity index (χ0v) is 24.1. The molecule has 6 rings (SSSR count). The fourth-order valence-corrected chi connectivity index (χ4v) is 8.36.